The lowest BCUT2D eigenvalue weighted by Gasteiger charge is -2.09. The Kier molecular flexibility index (Phi) is 4.74. The highest BCUT2D eigenvalue weighted by Crippen LogP contribution is 2.22. The Morgan fingerprint density at radius 2 is 1.95 bits per heavy atom. The van der Waals surface area contributed by atoms with Gasteiger partial charge in [-0.05, 0) is 37.1 Å². The normalized spacial score (nSPS) is 10.3. The molecule has 4 nitrogen and oxygen atoms in total. The molecule has 2 N–H and O–H groups in total. The number of rotatable bonds is 5. The van der Waals surface area contributed by atoms with E-state index in [0.29, 0.717) is 0 Å². The Labute approximate surface area is 121 Å². The van der Waals surface area contributed by atoms with Crippen LogP contribution in [0.15, 0.2) is 35.1 Å². The van der Waals surface area contributed by atoms with Gasteiger partial charge < -0.3 is 10.6 Å². The number of halogens is 1. The van der Waals surface area contributed by atoms with Gasteiger partial charge >= 0.3 is 0 Å². The minimum atomic E-state index is 0.735. The Balaban J connectivity index is 2.13. The van der Waals surface area contributed by atoms with Crippen molar-refractivity contribution in [1.29, 1.82) is 0 Å². The Morgan fingerprint density at radius 1 is 1.16 bits per heavy atom. The van der Waals surface area contributed by atoms with E-state index in [1.807, 2.05) is 6.07 Å². The van der Waals surface area contributed by atoms with Gasteiger partial charge in [-0.1, -0.05) is 22.9 Å². The van der Waals surface area contributed by atoms with E-state index in [9.17, 15) is 0 Å². The molecule has 0 aliphatic rings. The van der Waals surface area contributed by atoms with Crippen molar-refractivity contribution in [2.45, 2.75) is 20.3 Å². The third-order valence-electron chi connectivity index (χ3n) is 2.51. The lowest BCUT2D eigenvalue weighted by molar-refractivity contribution is 0.965. The van der Waals surface area contributed by atoms with Crippen molar-refractivity contribution >= 4 is 33.3 Å². The van der Waals surface area contributed by atoms with E-state index in [4.69, 9.17) is 0 Å². The molecule has 2 rings (SSSR count). The predicted molar refractivity (Wildman–Crippen MR) is 83.0 cm³/mol. The number of hydrogen-bond acceptors (Lipinski definition) is 4. The molecule has 0 saturated heterocycles. The third kappa shape index (κ3) is 4.21. The summed E-state index contributed by atoms with van der Waals surface area (Å²) in [6, 6.07) is 6.15. The molecule has 0 saturated carbocycles. The van der Waals surface area contributed by atoms with Gasteiger partial charge in [0, 0.05) is 16.7 Å². The zero-order valence-corrected chi connectivity index (χ0v) is 12.7. The molecule has 1 aromatic carbocycles. The lowest BCUT2D eigenvalue weighted by atomic mass is 10.2. The number of benzene rings is 1. The van der Waals surface area contributed by atoms with Crippen LogP contribution >= 0.6 is 15.9 Å². The maximum Gasteiger partial charge on any atom is 0.151 e. The monoisotopic (exact) mass is 320 g/mol. The van der Waals surface area contributed by atoms with Gasteiger partial charge in [0.2, 0.25) is 0 Å². The average molecular weight is 321 g/mol. The maximum atomic E-state index is 4.46. The lowest BCUT2D eigenvalue weighted by Crippen LogP contribution is -2.04. The summed E-state index contributed by atoms with van der Waals surface area (Å²) in [6.07, 6.45) is 4.50. The first kappa shape index (κ1) is 13.8. The fraction of sp³-hybridized carbons (Fsp3) is 0.286. The summed E-state index contributed by atoms with van der Waals surface area (Å²) < 4.78 is 1.04. The van der Waals surface area contributed by atoms with E-state index in [1.165, 1.54) is 5.56 Å². The van der Waals surface area contributed by atoms with Crippen molar-refractivity contribution in [3.63, 3.8) is 0 Å². The molecule has 0 spiro atoms. The fourth-order valence-corrected chi connectivity index (χ4v) is 2.33. The second-order valence-corrected chi connectivity index (χ2v) is 5.27. The van der Waals surface area contributed by atoms with Gasteiger partial charge in [-0.2, -0.15) is 0 Å². The van der Waals surface area contributed by atoms with Crippen LogP contribution in [0, 0.1) is 6.92 Å². The van der Waals surface area contributed by atoms with Gasteiger partial charge in [0.15, 0.2) is 5.82 Å². The predicted octanol–water partition coefficient (Wildman–Crippen LogP) is 4.11. The number of aromatic nitrogens is 2. The quantitative estimate of drug-likeness (QED) is 0.870. The smallest absolute Gasteiger partial charge is 0.151 e. The minimum Gasteiger partial charge on any atom is -0.369 e. The molecule has 1 heterocycles. The van der Waals surface area contributed by atoms with E-state index in [0.717, 1.165) is 34.8 Å². The van der Waals surface area contributed by atoms with Crippen LogP contribution in [0.5, 0.6) is 0 Å². The van der Waals surface area contributed by atoms with E-state index < -0.39 is 0 Å². The molecule has 2 aromatic rings. The molecule has 0 unspecified atom stereocenters. The van der Waals surface area contributed by atoms with Gasteiger partial charge in [-0.3, -0.25) is 4.98 Å². The number of nitrogens with zero attached hydrogens (tertiary/aromatic N) is 2. The highest BCUT2D eigenvalue weighted by molar-refractivity contribution is 9.10. The van der Waals surface area contributed by atoms with Crippen LogP contribution in [-0.4, -0.2) is 16.5 Å². The number of hydrogen-bond donors (Lipinski definition) is 2. The molecule has 1 aromatic heterocycles. The molecule has 19 heavy (non-hydrogen) atoms. The highest BCUT2D eigenvalue weighted by atomic mass is 79.9. The largest absolute Gasteiger partial charge is 0.369 e. The molecular formula is C14H17BrN4. The number of aryl methyl sites for hydroxylation is 1. The first-order valence-electron chi connectivity index (χ1n) is 6.27. The van der Waals surface area contributed by atoms with E-state index in [2.05, 4.69) is 62.5 Å². The Morgan fingerprint density at radius 3 is 2.68 bits per heavy atom. The molecule has 0 fully saturated rings. The zero-order valence-electron chi connectivity index (χ0n) is 11.1. The first-order valence-corrected chi connectivity index (χ1v) is 7.07. The van der Waals surface area contributed by atoms with E-state index in [1.54, 1.807) is 12.4 Å². The summed E-state index contributed by atoms with van der Waals surface area (Å²) in [6.45, 7) is 5.07. The zero-order chi connectivity index (χ0) is 13.7. The van der Waals surface area contributed by atoms with Gasteiger partial charge in [0.1, 0.15) is 5.82 Å². The number of anilines is 3. The van der Waals surface area contributed by atoms with Gasteiger partial charge in [0.25, 0.3) is 0 Å². The van der Waals surface area contributed by atoms with Crippen LogP contribution in [-0.2, 0) is 0 Å². The van der Waals surface area contributed by atoms with Crippen LogP contribution in [0.4, 0.5) is 17.3 Å². The minimum absolute atomic E-state index is 0.735. The third-order valence-corrected chi connectivity index (χ3v) is 2.96. The van der Waals surface area contributed by atoms with Gasteiger partial charge in [-0.15, -0.1) is 0 Å². The Bertz CT molecular complexity index is 537. The van der Waals surface area contributed by atoms with Crippen molar-refractivity contribution in [1.82, 2.24) is 9.97 Å². The second-order valence-electron chi connectivity index (χ2n) is 4.36. The van der Waals surface area contributed by atoms with Crippen molar-refractivity contribution in [2.24, 2.45) is 0 Å². The fourth-order valence-electron chi connectivity index (χ4n) is 1.72. The molecule has 0 bridgehead atoms. The first-order chi connectivity index (χ1) is 9.17. The van der Waals surface area contributed by atoms with Crippen molar-refractivity contribution in [3.05, 3.63) is 40.6 Å². The summed E-state index contributed by atoms with van der Waals surface area (Å²) in [5, 5.41) is 6.48. The second kappa shape index (κ2) is 6.52. The maximum absolute atomic E-state index is 4.46. The van der Waals surface area contributed by atoms with Crippen LogP contribution in [0.2, 0.25) is 0 Å². The van der Waals surface area contributed by atoms with Crippen LogP contribution < -0.4 is 10.6 Å². The molecular weight excluding hydrogens is 304 g/mol. The van der Waals surface area contributed by atoms with Crippen molar-refractivity contribution in [3.8, 4) is 0 Å². The molecule has 0 radical (unpaired) electrons. The van der Waals surface area contributed by atoms with Crippen LogP contribution in [0.25, 0.3) is 0 Å². The highest BCUT2D eigenvalue weighted by Gasteiger charge is 2.01. The standard InChI is InChI=1S/C14H17BrN4/c1-3-4-17-13-8-16-9-14(19-13)18-12-6-10(2)5-11(15)7-12/h5-9H,3-4H2,1-2H3,(H2,17,18,19). The molecule has 0 atom stereocenters. The molecule has 0 aliphatic heterocycles. The Hall–Kier alpha value is -1.62. The molecule has 100 valence electrons. The van der Waals surface area contributed by atoms with Crippen molar-refractivity contribution < 1.29 is 0 Å². The summed E-state index contributed by atoms with van der Waals surface area (Å²) in [5.74, 6) is 1.53. The van der Waals surface area contributed by atoms with Crippen molar-refractivity contribution in [2.75, 3.05) is 17.2 Å². The summed E-state index contributed by atoms with van der Waals surface area (Å²) in [7, 11) is 0. The summed E-state index contributed by atoms with van der Waals surface area (Å²) >= 11 is 3.49. The molecule has 0 amide bonds. The van der Waals surface area contributed by atoms with Gasteiger partial charge in [0.05, 0.1) is 12.4 Å². The summed E-state index contributed by atoms with van der Waals surface area (Å²) in [4.78, 5) is 8.64. The van der Waals surface area contributed by atoms with Crippen LogP contribution in [0.3, 0.4) is 0 Å². The van der Waals surface area contributed by atoms with E-state index >= 15 is 0 Å². The van der Waals surface area contributed by atoms with E-state index in [-0.39, 0.29) is 0 Å². The molecule has 5 heteroatoms. The summed E-state index contributed by atoms with van der Waals surface area (Å²) in [5.41, 5.74) is 2.18. The SMILES string of the molecule is CCCNc1cncc(Nc2cc(C)cc(Br)c2)n1. The van der Waals surface area contributed by atoms with Crippen LogP contribution in [0.1, 0.15) is 18.9 Å². The number of nitrogens with one attached hydrogen (secondary N) is 2. The average Bonchev–Trinajstić information content (AvgIpc) is 2.35. The van der Waals surface area contributed by atoms with Gasteiger partial charge in [-0.25, -0.2) is 4.98 Å². The topological polar surface area (TPSA) is 49.8 Å². The molecule has 0 aliphatic carbocycles.